The zero-order chi connectivity index (χ0) is 20.0. The number of hydrogen-bond donors (Lipinski definition) is 1. The van der Waals surface area contributed by atoms with E-state index in [0.29, 0.717) is 5.92 Å². The third kappa shape index (κ3) is 3.27. The lowest BCUT2D eigenvalue weighted by Gasteiger charge is -2.21. The summed E-state index contributed by atoms with van der Waals surface area (Å²) < 4.78 is 0. The van der Waals surface area contributed by atoms with Gasteiger partial charge in [-0.1, -0.05) is 29.8 Å². The maximum absolute atomic E-state index is 13.3. The van der Waals surface area contributed by atoms with Gasteiger partial charge in [0, 0.05) is 29.8 Å². The number of benzene rings is 1. The molecule has 2 aliphatic rings. The van der Waals surface area contributed by atoms with Crippen molar-refractivity contribution in [3.05, 3.63) is 59.9 Å². The van der Waals surface area contributed by atoms with Crippen molar-refractivity contribution in [2.75, 3.05) is 16.0 Å². The molecule has 1 aliphatic carbocycles. The smallest absolute Gasteiger partial charge is 0.232 e. The Morgan fingerprint density at radius 1 is 1.21 bits per heavy atom. The molecule has 3 atom stereocenters. The number of anilines is 1. The van der Waals surface area contributed by atoms with Crippen LogP contribution >= 0.6 is 11.9 Å². The van der Waals surface area contributed by atoms with Gasteiger partial charge < -0.3 is 0 Å². The third-order valence-electron chi connectivity index (χ3n) is 5.78. The van der Waals surface area contributed by atoms with E-state index in [1.165, 1.54) is 23.1 Å². The van der Waals surface area contributed by atoms with Crippen LogP contribution in [0.2, 0.25) is 0 Å². The topological polar surface area (TPSA) is 75.9 Å². The van der Waals surface area contributed by atoms with Crippen molar-refractivity contribution < 1.29 is 4.79 Å². The average Bonchev–Trinajstić information content (AvgIpc) is 3.32. The Balaban J connectivity index is 1.44. The van der Waals surface area contributed by atoms with Crippen LogP contribution in [0, 0.1) is 18.8 Å². The van der Waals surface area contributed by atoms with E-state index in [0.717, 1.165) is 29.9 Å². The van der Waals surface area contributed by atoms with Gasteiger partial charge in [0.2, 0.25) is 5.91 Å². The molecule has 3 unspecified atom stereocenters. The molecule has 0 spiro atoms. The molecule has 2 fully saturated rings. The third-order valence-corrected chi connectivity index (χ3v) is 6.13. The number of rotatable bonds is 6. The molecule has 0 bridgehead atoms. The number of fused-ring (bicyclic) bond motifs is 1. The number of nitrogens with zero attached hydrogens (tertiary/aromatic N) is 5. The Kier molecular flexibility index (Phi) is 4.50. The minimum Gasteiger partial charge on any atom is -0.292 e. The summed E-state index contributed by atoms with van der Waals surface area (Å²) in [5.41, 5.74) is 4.10. The molecular formula is C21H22N6OS. The predicted octanol–water partition coefficient (Wildman–Crippen LogP) is 3.06. The molecule has 3 aromatic rings. The monoisotopic (exact) mass is 406 g/mol. The highest BCUT2D eigenvalue weighted by atomic mass is 32.2. The van der Waals surface area contributed by atoms with Crippen molar-refractivity contribution in [1.82, 2.24) is 20.1 Å². The van der Waals surface area contributed by atoms with Crippen LogP contribution in [0.3, 0.4) is 0 Å². The molecule has 3 heterocycles. The van der Waals surface area contributed by atoms with E-state index in [9.17, 15) is 4.79 Å². The van der Waals surface area contributed by atoms with E-state index in [2.05, 4.69) is 51.3 Å². The molecular weight excluding hydrogens is 384 g/mol. The maximum atomic E-state index is 13.3. The molecule has 0 radical (unpaired) electrons. The zero-order valence-corrected chi connectivity index (χ0v) is 17.1. The van der Waals surface area contributed by atoms with Crippen LogP contribution in [0.5, 0.6) is 0 Å². The molecule has 2 aromatic heterocycles. The first-order valence-corrected chi connectivity index (χ1v) is 10.9. The largest absolute Gasteiger partial charge is 0.292 e. The Morgan fingerprint density at radius 2 is 2.03 bits per heavy atom. The first-order chi connectivity index (χ1) is 14.2. The van der Waals surface area contributed by atoms with Gasteiger partial charge in [-0.15, -0.1) is 5.10 Å². The highest BCUT2D eigenvalue weighted by molar-refractivity contribution is 7.99. The van der Waals surface area contributed by atoms with Gasteiger partial charge in [0.15, 0.2) is 5.82 Å². The number of carbonyl (C=O) groups is 1. The second-order valence-corrected chi connectivity index (χ2v) is 8.29. The molecule has 148 valence electrons. The number of amides is 1. The minimum atomic E-state index is 0.0337. The lowest BCUT2D eigenvalue weighted by atomic mass is 9.95. The van der Waals surface area contributed by atoms with Crippen molar-refractivity contribution >= 4 is 23.7 Å². The lowest BCUT2D eigenvalue weighted by molar-refractivity contribution is -0.121. The molecule has 8 heteroatoms. The fourth-order valence-corrected chi connectivity index (χ4v) is 4.54. The SMILES string of the molecule is CSNn1nc(-c2ccnnc2)cc1N1C(=O)C(Cc2ccc(C)cc2)C2CC21. The second kappa shape index (κ2) is 7.18. The predicted molar refractivity (Wildman–Crippen MR) is 114 cm³/mol. The number of piperidine rings is 1. The van der Waals surface area contributed by atoms with Crippen molar-refractivity contribution in [1.29, 1.82) is 0 Å². The Hall–Kier alpha value is -2.87. The van der Waals surface area contributed by atoms with Crippen LogP contribution in [0.1, 0.15) is 17.5 Å². The molecule has 1 amide bonds. The number of aryl methyl sites for hydroxylation is 1. The summed E-state index contributed by atoms with van der Waals surface area (Å²) in [6, 6.07) is 12.6. The summed E-state index contributed by atoms with van der Waals surface area (Å²) in [7, 11) is 0. The Bertz CT molecular complexity index is 1040. The molecule has 1 aliphatic heterocycles. The highest BCUT2D eigenvalue weighted by Gasteiger charge is 2.59. The van der Waals surface area contributed by atoms with E-state index < -0.39 is 0 Å². The van der Waals surface area contributed by atoms with Gasteiger partial charge in [0.05, 0.1) is 18.1 Å². The van der Waals surface area contributed by atoms with Gasteiger partial charge in [-0.2, -0.15) is 15.0 Å². The highest BCUT2D eigenvalue weighted by Crippen LogP contribution is 2.52. The van der Waals surface area contributed by atoms with Crippen molar-refractivity contribution in [3.63, 3.8) is 0 Å². The Morgan fingerprint density at radius 3 is 2.76 bits per heavy atom. The van der Waals surface area contributed by atoms with Crippen molar-refractivity contribution in [2.24, 2.45) is 11.8 Å². The second-order valence-electron chi connectivity index (χ2n) is 7.70. The summed E-state index contributed by atoms with van der Waals surface area (Å²) in [5, 5.41) is 12.4. The van der Waals surface area contributed by atoms with Gasteiger partial charge in [-0.25, -0.2) is 0 Å². The first-order valence-electron chi connectivity index (χ1n) is 9.70. The molecule has 7 nitrogen and oxygen atoms in total. The molecule has 1 saturated heterocycles. The van der Waals surface area contributed by atoms with Crippen LogP contribution in [0.15, 0.2) is 48.8 Å². The van der Waals surface area contributed by atoms with Crippen molar-refractivity contribution in [2.45, 2.75) is 25.8 Å². The van der Waals surface area contributed by atoms with Crippen LogP contribution in [-0.2, 0) is 11.2 Å². The molecule has 1 N–H and O–H groups in total. The zero-order valence-electron chi connectivity index (χ0n) is 16.3. The summed E-state index contributed by atoms with van der Waals surface area (Å²) in [6.07, 6.45) is 7.11. The number of carbonyl (C=O) groups excluding carboxylic acids is 1. The molecule has 5 rings (SSSR count). The summed E-state index contributed by atoms with van der Waals surface area (Å²) in [4.78, 5) is 20.2. The van der Waals surface area contributed by atoms with Gasteiger partial charge in [0.1, 0.15) is 0 Å². The quantitative estimate of drug-likeness (QED) is 0.634. The fourth-order valence-electron chi connectivity index (χ4n) is 4.23. The van der Waals surface area contributed by atoms with Crippen molar-refractivity contribution in [3.8, 4) is 11.3 Å². The van der Waals surface area contributed by atoms with Crippen LogP contribution in [0.25, 0.3) is 11.3 Å². The fraction of sp³-hybridized carbons (Fsp3) is 0.333. The average molecular weight is 407 g/mol. The number of aromatic nitrogens is 4. The summed E-state index contributed by atoms with van der Waals surface area (Å²) >= 11 is 1.44. The van der Waals surface area contributed by atoms with E-state index in [1.807, 2.05) is 23.3 Å². The maximum Gasteiger partial charge on any atom is 0.232 e. The van der Waals surface area contributed by atoms with E-state index in [4.69, 9.17) is 0 Å². The van der Waals surface area contributed by atoms with E-state index in [-0.39, 0.29) is 17.9 Å². The molecule has 1 saturated carbocycles. The minimum absolute atomic E-state index is 0.0337. The van der Waals surface area contributed by atoms with Crippen LogP contribution in [0.4, 0.5) is 5.82 Å². The summed E-state index contributed by atoms with van der Waals surface area (Å²) in [5.74, 6) is 1.43. The number of hydrogen-bond acceptors (Lipinski definition) is 6. The molecule has 1 aromatic carbocycles. The van der Waals surface area contributed by atoms with Gasteiger partial charge in [-0.3, -0.25) is 14.5 Å². The van der Waals surface area contributed by atoms with Crippen LogP contribution in [-0.4, -0.2) is 38.3 Å². The molecule has 29 heavy (non-hydrogen) atoms. The Labute approximate surface area is 173 Å². The van der Waals surface area contributed by atoms with Gasteiger partial charge in [0.25, 0.3) is 0 Å². The standard InChI is InChI=1S/C21H22N6OS/c1-13-3-5-14(6-4-13)9-17-16-10-19(16)26(21(17)28)20-11-18(24-27(20)25-29-2)15-7-8-22-23-12-15/h3-8,11-12,16-17,19,25H,9-10H2,1-2H3. The van der Waals surface area contributed by atoms with Gasteiger partial charge >= 0.3 is 0 Å². The van der Waals surface area contributed by atoms with Gasteiger partial charge in [-0.05, 0) is 49.3 Å². The first kappa shape index (κ1) is 18.2. The van der Waals surface area contributed by atoms with Crippen LogP contribution < -0.4 is 9.73 Å². The number of nitrogens with one attached hydrogen (secondary N) is 1. The van der Waals surface area contributed by atoms with E-state index in [1.54, 1.807) is 17.2 Å². The summed E-state index contributed by atoms with van der Waals surface area (Å²) in [6.45, 7) is 2.08. The lowest BCUT2D eigenvalue weighted by Crippen LogP contribution is -2.35. The normalized spacial score (nSPS) is 22.6. The van der Waals surface area contributed by atoms with E-state index >= 15 is 0 Å².